The number of hydrogen-bond donors (Lipinski definition) is 2. The van der Waals surface area contributed by atoms with E-state index in [1.54, 1.807) is 7.11 Å². The Bertz CT molecular complexity index is 284. The molecule has 19 heavy (non-hydrogen) atoms. The minimum atomic E-state index is -0.00604. The molecule has 2 atom stereocenters. The lowest BCUT2D eigenvalue weighted by atomic mass is 9.67. The van der Waals surface area contributed by atoms with Crippen molar-refractivity contribution in [2.24, 2.45) is 17.6 Å². The van der Waals surface area contributed by atoms with Gasteiger partial charge < -0.3 is 20.5 Å². The van der Waals surface area contributed by atoms with Gasteiger partial charge in [0.05, 0.1) is 13.2 Å². The molecule has 0 saturated heterocycles. The Morgan fingerprint density at radius 2 is 1.95 bits per heavy atom. The van der Waals surface area contributed by atoms with Gasteiger partial charge >= 0.3 is 0 Å². The summed E-state index contributed by atoms with van der Waals surface area (Å²) in [6, 6.07) is 0.633. The monoisotopic (exact) mass is 270 g/mol. The zero-order chi connectivity index (χ0) is 13.7. The van der Waals surface area contributed by atoms with Gasteiger partial charge in [-0.15, -0.1) is 0 Å². The number of nitrogens with one attached hydrogen (secondary N) is 1. The average Bonchev–Trinajstić information content (AvgIpc) is 2.36. The smallest absolute Gasteiger partial charge is 0.246 e. The molecule has 2 aliphatic carbocycles. The molecule has 0 aromatic heterocycles. The van der Waals surface area contributed by atoms with Crippen LogP contribution in [0.3, 0.4) is 0 Å². The molecule has 5 heteroatoms. The standard InChI is InChI=1S/C14H26N2O3/c1-18-5-6-19-9-13(17)16-14-10-3-2-4-11(14)8-12(15)7-10/h10-12,14H,2-9,15H2,1H3,(H,16,17). The molecule has 5 nitrogen and oxygen atoms in total. The molecule has 2 bridgehead atoms. The molecule has 2 fully saturated rings. The third kappa shape index (κ3) is 4.16. The van der Waals surface area contributed by atoms with Crippen molar-refractivity contribution in [1.82, 2.24) is 5.32 Å². The molecule has 0 aromatic carbocycles. The number of amides is 1. The molecule has 0 spiro atoms. The minimum absolute atomic E-state index is 0.00604. The maximum atomic E-state index is 11.9. The quantitative estimate of drug-likeness (QED) is 0.696. The van der Waals surface area contributed by atoms with E-state index in [1.807, 2.05) is 0 Å². The van der Waals surface area contributed by atoms with Gasteiger partial charge in [-0.3, -0.25) is 4.79 Å². The molecule has 2 unspecified atom stereocenters. The summed E-state index contributed by atoms with van der Waals surface area (Å²) >= 11 is 0. The zero-order valence-corrected chi connectivity index (χ0v) is 11.8. The summed E-state index contributed by atoms with van der Waals surface area (Å²) in [5.41, 5.74) is 6.08. The normalized spacial score (nSPS) is 34.0. The van der Waals surface area contributed by atoms with E-state index in [0.29, 0.717) is 37.1 Å². The van der Waals surface area contributed by atoms with Crippen molar-refractivity contribution in [2.45, 2.75) is 44.2 Å². The van der Waals surface area contributed by atoms with Crippen LogP contribution in [0.5, 0.6) is 0 Å². The third-order valence-electron chi connectivity index (χ3n) is 4.37. The van der Waals surface area contributed by atoms with Crippen molar-refractivity contribution in [1.29, 1.82) is 0 Å². The van der Waals surface area contributed by atoms with E-state index in [2.05, 4.69) is 5.32 Å². The number of carbonyl (C=O) groups is 1. The molecule has 110 valence electrons. The fourth-order valence-corrected chi connectivity index (χ4v) is 3.56. The summed E-state index contributed by atoms with van der Waals surface area (Å²) in [6.07, 6.45) is 5.76. The summed E-state index contributed by atoms with van der Waals surface area (Å²) in [6.45, 7) is 1.12. The molecule has 0 radical (unpaired) electrons. The Hall–Kier alpha value is -0.650. The summed E-state index contributed by atoms with van der Waals surface area (Å²) in [5.74, 6) is 1.12. The molecule has 3 N–H and O–H groups in total. The molecular formula is C14H26N2O3. The zero-order valence-electron chi connectivity index (χ0n) is 11.8. The van der Waals surface area contributed by atoms with E-state index >= 15 is 0 Å². The van der Waals surface area contributed by atoms with Gasteiger partial charge in [0.15, 0.2) is 0 Å². The molecule has 1 amide bonds. The van der Waals surface area contributed by atoms with Gasteiger partial charge in [0.25, 0.3) is 0 Å². The minimum Gasteiger partial charge on any atom is -0.382 e. The Labute approximate surface area is 115 Å². The molecular weight excluding hydrogens is 244 g/mol. The summed E-state index contributed by atoms with van der Waals surface area (Å²) < 4.78 is 10.1. The summed E-state index contributed by atoms with van der Waals surface area (Å²) in [7, 11) is 1.62. The van der Waals surface area contributed by atoms with Crippen LogP contribution in [0.1, 0.15) is 32.1 Å². The Kier molecular flexibility index (Phi) is 5.60. The van der Waals surface area contributed by atoms with Crippen LogP contribution < -0.4 is 11.1 Å². The number of rotatable bonds is 6. The highest BCUT2D eigenvalue weighted by molar-refractivity contribution is 5.77. The van der Waals surface area contributed by atoms with Crippen LogP contribution in [-0.2, 0) is 14.3 Å². The SMILES string of the molecule is COCCOCC(=O)NC1C2CCCC1CC(N)C2. The van der Waals surface area contributed by atoms with Crippen molar-refractivity contribution in [3.8, 4) is 0 Å². The van der Waals surface area contributed by atoms with Gasteiger partial charge in [-0.25, -0.2) is 0 Å². The number of nitrogens with two attached hydrogens (primary N) is 1. The van der Waals surface area contributed by atoms with E-state index < -0.39 is 0 Å². The Balaban J connectivity index is 1.76. The van der Waals surface area contributed by atoms with Crippen molar-refractivity contribution in [3.05, 3.63) is 0 Å². The maximum Gasteiger partial charge on any atom is 0.246 e. The number of fused-ring (bicyclic) bond motifs is 2. The fraction of sp³-hybridized carbons (Fsp3) is 0.929. The van der Waals surface area contributed by atoms with Crippen molar-refractivity contribution in [2.75, 3.05) is 26.9 Å². The van der Waals surface area contributed by atoms with E-state index in [9.17, 15) is 4.79 Å². The number of ether oxygens (including phenoxy) is 2. The van der Waals surface area contributed by atoms with Crippen molar-refractivity contribution in [3.63, 3.8) is 0 Å². The highest BCUT2D eigenvalue weighted by Gasteiger charge is 2.39. The van der Waals surface area contributed by atoms with Gasteiger partial charge in [-0.05, 0) is 37.5 Å². The van der Waals surface area contributed by atoms with Crippen LogP contribution in [0, 0.1) is 11.8 Å². The molecule has 0 heterocycles. The first kappa shape index (κ1) is 14.8. The van der Waals surface area contributed by atoms with Gasteiger partial charge in [-0.1, -0.05) is 6.42 Å². The second-order valence-corrected chi connectivity index (χ2v) is 5.82. The lowest BCUT2D eigenvalue weighted by Crippen LogP contribution is -2.54. The van der Waals surface area contributed by atoms with Gasteiger partial charge in [0, 0.05) is 19.2 Å². The Morgan fingerprint density at radius 1 is 1.26 bits per heavy atom. The van der Waals surface area contributed by atoms with Crippen LogP contribution >= 0.6 is 0 Å². The lowest BCUT2D eigenvalue weighted by Gasteiger charge is -2.45. The van der Waals surface area contributed by atoms with Crippen LogP contribution in [0.25, 0.3) is 0 Å². The van der Waals surface area contributed by atoms with Gasteiger partial charge in [0.2, 0.25) is 5.91 Å². The van der Waals surface area contributed by atoms with Crippen LogP contribution in [0.15, 0.2) is 0 Å². The average molecular weight is 270 g/mol. The van der Waals surface area contributed by atoms with Gasteiger partial charge in [-0.2, -0.15) is 0 Å². The van der Waals surface area contributed by atoms with E-state index in [1.165, 1.54) is 19.3 Å². The topological polar surface area (TPSA) is 73.6 Å². The van der Waals surface area contributed by atoms with E-state index in [-0.39, 0.29) is 12.5 Å². The van der Waals surface area contributed by atoms with E-state index in [0.717, 1.165) is 12.8 Å². The summed E-state index contributed by atoms with van der Waals surface area (Å²) in [4.78, 5) is 11.9. The largest absolute Gasteiger partial charge is 0.382 e. The number of methoxy groups -OCH3 is 1. The maximum absolute atomic E-state index is 11.9. The first-order valence-electron chi connectivity index (χ1n) is 7.32. The number of hydrogen-bond acceptors (Lipinski definition) is 4. The lowest BCUT2D eigenvalue weighted by molar-refractivity contribution is -0.128. The molecule has 2 aliphatic rings. The highest BCUT2D eigenvalue weighted by Crippen LogP contribution is 2.39. The van der Waals surface area contributed by atoms with Crippen LogP contribution in [-0.4, -0.2) is 44.9 Å². The first-order valence-corrected chi connectivity index (χ1v) is 7.32. The third-order valence-corrected chi connectivity index (χ3v) is 4.37. The molecule has 0 aromatic rings. The second-order valence-electron chi connectivity index (χ2n) is 5.82. The fourth-order valence-electron chi connectivity index (χ4n) is 3.56. The predicted octanol–water partition coefficient (Wildman–Crippen LogP) is 0.672. The number of carbonyl (C=O) groups excluding carboxylic acids is 1. The molecule has 0 aliphatic heterocycles. The van der Waals surface area contributed by atoms with E-state index in [4.69, 9.17) is 15.2 Å². The van der Waals surface area contributed by atoms with Crippen LogP contribution in [0.4, 0.5) is 0 Å². The van der Waals surface area contributed by atoms with Crippen LogP contribution in [0.2, 0.25) is 0 Å². The molecule has 2 saturated carbocycles. The first-order chi connectivity index (χ1) is 9.20. The summed E-state index contributed by atoms with van der Waals surface area (Å²) in [5, 5.41) is 3.16. The van der Waals surface area contributed by atoms with Crippen molar-refractivity contribution < 1.29 is 14.3 Å². The predicted molar refractivity (Wildman–Crippen MR) is 72.7 cm³/mol. The molecule has 2 rings (SSSR count). The van der Waals surface area contributed by atoms with Crippen molar-refractivity contribution >= 4 is 5.91 Å². The Morgan fingerprint density at radius 3 is 2.58 bits per heavy atom. The highest BCUT2D eigenvalue weighted by atomic mass is 16.5. The van der Waals surface area contributed by atoms with Gasteiger partial charge in [0.1, 0.15) is 6.61 Å². The second kappa shape index (κ2) is 7.22.